The molecule has 0 radical (unpaired) electrons. The van der Waals surface area contributed by atoms with Crippen molar-refractivity contribution in [3.05, 3.63) is 22.2 Å². The Morgan fingerprint density at radius 2 is 2.00 bits per heavy atom. The van der Waals surface area contributed by atoms with E-state index in [4.69, 9.17) is 23.2 Å². The standard InChI is InChI=1S/C11H10Cl2N2O3/c12-6-3-5(4-7(13)10(6)17)14-11(18)8-1-2-9(16)15-8/h3-4,8,17H,1-2H2,(H,14,18)(H,15,16). The molecule has 0 bridgehead atoms. The van der Waals surface area contributed by atoms with Crippen LogP contribution in [0.2, 0.25) is 10.0 Å². The first-order chi connectivity index (χ1) is 8.47. The number of benzene rings is 1. The molecule has 1 aromatic carbocycles. The van der Waals surface area contributed by atoms with Gasteiger partial charge in [-0.05, 0) is 18.6 Å². The number of halogens is 2. The third-order valence-electron chi connectivity index (χ3n) is 2.60. The molecule has 1 saturated heterocycles. The van der Waals surface area contributed by atoms with Gasteiger partial charge in [0.05, 0.1) is 10.0 Å². The first-order valence-corrected chi connectivity index (χ1v) is 6.01. The molecule has 18 heavy (non-hydrogen) atoms. The van der Waals surface area contributed by atoms with Crippen LogP contribution in [-0.2, 0) is 9.59 Å². The Morgan fingerprint density at radius 1 is 1.39 bits per heavy atom. The Balaban J connectivity index is 2.10. The second-order valence-corrected chi connectivity index (χ2v) is 4.75. The lowest BCUT2D eigenvalue weighted by atomic mass is 10.2. The maximum absolute atomic E-state index is 11.8. The molecular formula is C11H10Cl2N2O3. The summed E-state index contributed by atoms with van der Waals surface area (Å²) in [5.41, 5.74) is 0.369. The smallest absolute Gasteiger partial charge is 0.246 e. The molecule has 5 nitrogen and oxygen atoms in total. The van der Waals surface area contributed by atoms with Crippen LogP contribution in [0.15, 0.2) is 12.1 Å². The number of aromatic hydroxyl groups is 1. The van der Waals surface area contributed by atoms with Crippen LogP contribution in [0.5, 0.6) is 5.75 Å². The molecule has 3 N–H and O–H groups in total. The van der Waals surface area contributed by atoms with Crippen LogP contribution in [0.4, 0.5) is 5.69 Å². The molecule has 1 aromatic rings. The van der Waals surface area contributed by atoms with Crippen LogP contribution in [0.3, 0.4) is 0 Å². The molecule has 0 spiro atoms. The molecule has 1 aliphatic rings. The van der Waals surface area contributed by atoms with Crippen LogP contribution in [0.25, 0.3) is 0 Å². The highest BCUT2D eigenvalue weighted by Gasteiger charge is 2.27. The van der Waals surface area contributed by atoms with Gasteiger partial charge in [-0.1, -0.05) is 23.2 Å². The van der Waals surface area contributed by atoms with E-state index < -0.39 is 6.04 Å². The molecule has 0 aromatic heterocycles. The molecule has 2 rings (SSSR count). The third kappa shape index (κ3) is 2.68. The average molecular weight is 289 g/mol. The van der Waals surface area contributed by atoms with Gasteiger partial charge in [-0.3, -0.25) is 9.59 Å². The molecule has 1 heterocycles. The summed E-state index contributed by atoms with van der Waals surface area (Å²) in [6.07, 6.45) is 0.805. The Hall–Kier alpha value is -1.46. The van der Waals surface area contributed by atoms with Gasteiger partial charge in [0.1, 0.15) is 6.04 Å². The van der Waals surface area contributed by atoms with Crippen molar-refractivity contribution in [1.29, 1.82) is 0 Å². The number of nitrogens with one attached hydrogen (secondary N) is 2. The van der Waals surface area contributed by atoms with Crippen molar-refractivity contribution in [3.63, 3.8) is 0 Å². The summed E-state index contributed by atoms with van der Waals surface area (Å²) in [7, 11) is 0. The quantitative estimate of drug-likeness (QED) is 0.728. The maximum Gasteiger partial charge on any atom is 0.246 e. The van der Waals surface area contributed by atoms with Gasteiger partial charge in [0.15, 0.2) is 5.75 Å². The lowest BCUT2D eigenvalue weighted by Crippen LogP contribution is -2.37. The highest BCUT2D eigenvalue weighted by Crippen LogP contribution is 2.34. The number of rotatable bonds is 2. The van der Waals surface area contributed by atoms with Gasteiger partial charge < -0.3 is 15.7 Å². The molecule has 1 atom stereocenters. The van der Waals surface area contributed by atoms with Crippen LogP contribution in [-0.4, -0.2) is 23.0 Å². The Kier molecular flexibility index (Phi) is 3.63. The van der Waals surface area contributed by atoms with Gasteiger partial charge in [0.25, 0.3) is 0 Å². The zero-order chi connectivity index (χ0) is 13.3. The number of carbonyl (C=O) groups is 2. The first-order valence-electron chi connectivity index (χ1n) is 5.25. The minimum Gasteiger partial charge on any atom is -0.505 e. The van der Waals surface area contributed by atoms with Gasteiger partial charge in [-0.15, -0.1) is 0 Å². The van der Waals surface area contributed by atoms with E-state index >= 15 is 0 Å². The molecular weight excluding hydrogens is 279 g/mol. The van der Waals surface area contributed by atoms with E-state index in [1.165, 1.54) is 12.1 Å². The molecule has 2 amide bonds. The lowest BCUT2D eigenvalue weighted by Gasteiger charge is -2.12. The van der Waals surface area contributed by atoms with E-state index in [1.807, 2.05) is 0 Å². The normalized spacial score (nSPS) is 18.6. The second kappa shape index (κ2) is 5.04. The number of phenolic OH excluding ortho intramolecular Hbond substituents is 1. The summed E-state index contributed by atoms with van der Waals surface area (Å²) in [5.74, 6) is -0.707. The van der Waals surface area contributed by atoms with Crippen molar-refractivity contribution >= 4 is 40.7 Å². The van der Waals surface area contributed by atoms with Gasteiger partial charge in [-0.2, -0.15) is 0 Å². The van der Waals surface area contributed by atoms with E-state index in [1.54, 1.807) is 0 Å². The molecule has 0 saturated carbocycles. The predicted molar refractivity (Wildman–Crippen MR) is 67.9 cm³/mol. The maximum atomic E-state index is 11.8. The van der Waals surface area contributed by atoms with E-state index in [2.05, 4.69) is 10.6 Å². The lowest BCUT2D eigenvalue weighted by molar-refractivity contribution is -0.122. The third-order valence-corrected chi connectivity index (χ3v) is 3.17. The van der Waals surface area contributed by atoms with E-state index in [0.717, 1.165) is 0 Å². The largest absolute Gasteiger partial charge is 0.505 e. The summed E-state index contributed by atoms with van der Waals surface area (Å²) < 4.78 is 0. The molecule has 7 heteroatoms. The van der Waals surface area contributed by atoms with Crippen LogP contribution < -0.4 is 10.6 Å². The zero-order valence-electron chi connectivity index (χ0n) is 9.17. The molecule has 1 fully saturated rings. The highest BCUT2D eigenvalue weighted by molar-refractivity contribution is 6.37. The summed E-state index contributed by atoms with van der Waals surface area (Å²) >= 11 is 11.5. The van der Waals surface area contributed by atoms with Gasteiger partial charge in [-0.25, -0.2) is 0 Å². The summed E-state index contributed by atoms with van der Waals surface area (Å²) in [6, 6.07) is 2.23. The fourth-order valence-electron chi connectivity index (χ4n) is 1.68. The number of amides is 2. The fourth-order valence-corrected chi connectivity index (χ4v) is 2.16. The van der Waals surface area contributed by atoms with Crippen molar-refractivity contribution in [2.75, 3.05) is 5.32 Å². The van der Waals surface area contributed by atoms with Crippen LogP contribution in [0.1, 0.15) is 12.8 Å². The monoisotopic (exact) mass is 288 g/mol. The van der Waals surface area contributed by atoms with Crippen molar-refractivity contribution in [2.45, 2.75) is 18.9 Å². The number of anilines is 1. The zero-order valence-corrected chi connectivity index (χ0v) is 10.7. The fraction of sp³-hybridized carbons (Fsp3) is 0.273. The Bertz CT molecular complexity index is 496. The van der Waals surface area contributed by atoms with E-state index in [-0.39, 0.29) is 27.6 Å². The molecule has 96 valence electrons. The van der Waals surface area contributed by atoms with E-state index in [0.29, 0.717) is 18.5 Å². The molecule has 1 aliphatic heterocycles. The van der Waals surface area contributed by atoms with E-state index in [9.17, 15) is 14.7 Å². The number of hydrogen-bond acceptors (Lipinski definition) is 3. The molecule has 0 aliphatic carbocycles. The SMILES string of the molecule is O=C1CCC(C(=O)Nc2cc(Cl)c(O)c(Cl)c2)N1. The van der Waals surface area contributed by atoms with Crippen LogP contribution >= 0.6 is 23.2 Å². The van der Waals surface area contributed by atoms with Crippen molar-refractivity contribution < 1.29 is 14.7 Å². The number of carbonyl (C=O) groups excluding carboxylic acids is 2. The Morgan fingerprint density at radius 3 is 2.50 bits per heavy atom. The highest BCUT2D eigenvalue weighted by atomic mass is 35.5. The van der Waals surface area contributed by atoms with Gasteiger partial charge >= 0.3 is 0 Å². The summed E-state index contributed by atoms with van der Waals surface area (Å²) in [6.45, 7) is 0. The molecule has 1 unspecified atom stereocenters. The number of phenols is 1. The first kappa shape index (κ1) is 13.0. The van der Waals surface area contributed by atoms with Crippen LogP contribution in [0, 0.1) is 0 Å². The minimum atomic E-state index is -0.538. The van der Waals surface area contributed by atoms with Crippen molar-refractivity contribution in [1.82, 2.24) is 5.32 Å². The summed E-state index contributed by atoms with van der Waals surface area (Å²) in [5, 5.41) is 14.6. The second-order valence-electron chi connectivity index (χ2n) is 3.94. The number of hydrogen-bond donors (Lipinski definition) is 3. The van der Waals surface area contributed by atoms with Crippen molar-refractivity contribution in [2.24, 2.45) is 0 Å². The summed E-state index contributed by atoms with van der Waals surface area (Å²) in [4.78, 5) is 22.8. The predicted octanol–water partition coefficient (Wildman–Crippen LogP) is 1.92. The topological polar surface area (TPSA) is 78.4 Å². The van der Waals surface area contributed by atoms with Gasteiger partial charge in [0, 0.05) is 12.1 Å². The van der Waals surface area contributed by atoms with Crippen molar-refractivity contribution in [3.8, 4) is 5.75 Å². The van der Waals surface area contributed by atoms with Gasteiger partial charge in [0.2, 0.25) is 11.8 Å². The average Bonchev–Trinajstić information content (AvgIpc) is 2.72. The Labute approximate surface area is 113 Å². The minimum absolute atomic E-state index is 0.0493.